The third kappa shape index (κ3) is 0.740. The fourth-order valence-electron chi connectivity index (χ4n) is 1.13. The number of likely N-dealkylation sites (tertiary alicyclic amines) is 1. The summed E-state index contributed by atoms with van der Waals surface area (Å²) >= 11 is 0. The average Bonchev–Trinajstić information content (AvgIpc) is 1.81. The molecule has 1 aliphatic heterocycles. The highest BCUT2D eigenvalue weighted by Gasteiger charge is 2.30. The van der Waals surface area contributed by atoms with Gasteiger partial charge in [-0.15, -0.1) is 0 Å². The molecule has 0 aromatic rings. The molecule has 48 valence electrons. The Labute approximate surface area is 50.9 Å². The van der Waals surface area contributed by atoms with E-state index < -0.39 is 0 Å². The predicted molar refractivity (Wildman–Crippen MR) is 34.9 cm³/mol. The molecule has 1 saturated heterocycles. The Morgan fingerprint density at radius 2 is 2.25 bits per heavy atom. The molecule has 0 spiro atoms. The minimum absolute atomic E-state index is 0.736. The number of hydrogen-bond acceptors (Lipinski definition) is 2. The minimum Gasteiger partial charge on any atom is -0.314 e. The summed E-state index contributed by atoms with van der Waals surface area (Å²) in [7, 11) is 4.17. The first-order chi connectivity index (χ1) is 3.75. The van der Waals surface area contributed by atoms with Gasteiger partial charge in [0.05, 0.1) is 0 Å². The molecule has 2 heteroatoms. The lowest BCUT2D eigenvalue weighted by atomic mass is 10.0. The summed E-state index contributed by atoms with van der Waals surface area (Å²) in [6.45, 7) is 3.45. The third-order valence-corrected chi connectivity index (χ3v) is 2.13. The molecule has 0 saturated carbocycles. The molecular formula is C6H14N2. The summed E-state index contributed by atoms with van der Waals surface area (Å²) in [4.78, 5) is 2.33. The summed E-state index contributed by atoms with van der Waals surface area (Å²) in [5.74, 6) is 0. The van der Waals surface area contributed by atoms with Crippen LogP contribution in [0.5, 0.6) is 0 Å². The fourth-order valence-corrected chi connectivity index (χ4v) is 1.13. The molecule has 0 aliphatic carbocycles. The van der Waals surface area contributed by atoms with E-state index in [-0.39, 0.29) is 0 Å². The van der Waals surface area contributed by atoms with Crippen molar-refractivity contribution in [3.05, 3.63) is 0 Å². The lowest BCUT2D eigenvalue weighted by Crippen LogP contribution is -2.61. The Morgan fingerprint density at radius 1 is 1.62 bits per heavy atom. The van der Waals surface area contributed by atoms with Crippen molar-refractivity contribution < 1.29 is 0 Å². The van der Waals surface area contributed by atoms with Crippen LogP contribution in [0.25, 0.3) is 0 Å². The first-order valence-electron chi connectivity index (χ1n) is 3.13. The normalized spacial score (nSPS) is 39.4. The number of nitrogens with zero attached hydrogens (tertiary/aromatic N) is 1. The maximum absolute atomic E-state index is 3.24. The second-order valence-electron chi connectivity index (χ2n) is 2.58. The average molecular weight is 114 g/mol. The van der Waals surface area contributed by atoms with Crippen molar-refractivity contribution in [1.29, 1.82) is 0 Å². The largest absolute Gasteiger partial charge is 0.314 e. The van der Waals surface area contributed by atoms with E-state index >= 15 is 0 Å². The van der Waals surface area contributed by atoms with Crippen molar-refractivity contribution in [2.24, 2.45) is 0 Å². The molecule has 0 radical (unpaired) electrons. The maximum atomic E-state index is 3.24. The summed E-state index contributed by atoms with van der Waals surface area (Å²) in [5, 5.41) is 3.24. The van der Waals surface area contributed by atoms with Crippen molar-refractivity contribution >= 4 is 0 Å². The van der Waals surface area contributed by atoms with E-state index in [0.717, 1.165) is 12.1 Å². The van der Waals surface area contributed by atoms with Crippen LogP contribution in [-0.4, -0.2) is 37.6 Å². The number of likely N-dealkylation sites (N-methyl/N-ethyl adjacent to an activating group) is 2. The van der Waals surface area contributed by atoms with Gasteiger partial charge in [0, 0.05) is 18.6 Å². The number of rotatable bonds is 1. The van der Waals surface area contributed by atoms with Gasteiger partial charge in [0.2, 0.25) is 0 Å². The van der Waals surface area contributed by atoms with Crippen LogP contribution in [0.3, 0.4) is 0 Å². The van der Waals surface area contributed by atoms with Gasteiger partial charge in [0.1, 0.15) is 0 Å². The SMILES string of the molecule is CNC1CN(C)C1C. The third-order valence-electron chi connectivity index (χ3n) is 2.13. The van der Waals surface area contributed by atoms with Gasteiger partial charge in [-0.3, -0.25) is 0 Å². The molecule has 1 fully saturated rings. The quantitative estimate of drug-likeness (QED) is 0.512. The van der Waals surface area contributed by atoms with Crippen LogP contribution in [0.15, 0.2) is 0 Å². The monoisotopic (exact) mass is 114 g/mol. The lowest BCUT2D eigenvalue weighted by molar-refractivity contribution is 0.0900. The van der Waals surface area contributed by atoms with E-state index in [9.17, 15) is 0 Å². The molecular weight excluding hydrogens is 100 g/mol. The zero-order valence-electron chi connectivity index (χ0n) is 5.81. The number of hydrogen-bond donors (Lipinski definition) is 1. The molecule has 0 aromatic carbocycles. The Balaban J connectivity index is 2.25. The summed E-state index contributed by atoms with van der Waals surface area (Å²) in [6, 6.07) is 1.47. The molecule has 2 nitrogen and oxygen atoms in total. The molecule has 2 unspecified atom stereocenters. The van der Waals surface area contributed by atoms with E-state index in [1.165, 1.54) is 6.54 Å². The van der Waals surface area contributed by atoms with Crippen LogP contribution in [0, 0.1) is 0 Å². The van der Waals surface area contributed by atoms with Gasteiger partial charge in [-0.2, -0.15) is 0 Å². The first-order valence-corrected chi connectivity index (χ1v) is 3.13. The highest BCUT2D eigenvalue weighted by Crippen LogP contribution is 2.12. The van der Waals surface area contributed by atoms with E-state index in [1.54, 1.807) is 0 Å². The molecule has 0 aromatic heterocycles. The molecule has 1 rings (SSSR count). The highest BCUT2D eigenvalue weighted by atomic mass is 15.2. The Bertz CT molecular complexity index is 82.6. The second-order valence-corrected chi connectivity index (χ2v) is 2.58. The maximum Gasteiger partial charge on any atom is 0.0346 e. The molecule has 1 aliphatic rings. The van der Waals surface area contributed by atoms with Crippen LogP contribution < -0.4 is 5.32 Å². The standard InChI is InChI=1S/C6H14N2/c1-5-6(7-2)4-8(5)3/h5-7H,4H2,1-3H3. The van der Waals surface area contributed by atoms with E-state index in [1.807, 2.05) is 7.05 Å². The van der Waals surface area contributed by atoms with Crippen molar-refractivity contribution in [2.75, 3.05) is 20.6 Å². The van der Waals surface area contributed by atoms with Gasteiger partial charge in [0.15, 0.2) is 0 Å². The van der Waals surface area contributed by atoms with Gasteiger partial charge >= 0.3 is 0 Å². The van der Waals surface area contributed by atoms with Crippen LogP contribution in [0.2, 0.25) is 0 Å². The Kier molecular flexibility index (Phi) is 1.54. The van der Waals surface area contributed by atoms with Crippen LogP contribution in [0.4, 0.5) is 0 Å². The molecule has 1 heterocycles. The van der Waals surface area contributed by atoms with Gasteiger partial charge in [-0.25, -0.2) is 0 Å². The summed E-state index contributed by atoms with van der Waals surface area (Å²) in [5.41, 5.74) is 0. The van der Waals surface area contributed by atoms with Gasteiger partial charge in [-0.05, 0) is 21.0 Å². The lowest BCUT2D eigenvalue weighted by Gasteiger charge is -2.43. The molecule has 2 atom stereocenters. The van der Waals surface area contributed by atoms with E-state index in [0.29, 0.717) is 0 Å². The first kappa shape index (κ1) is 6.05. The van der Waals surface area contributed by atoms with E-state index in [2.05, 4.69) is 24.2 Å². The Hall–Kier alpha value is -0.0800. The molecule has 1 N–H and O–H groups in total. The molecule has 0 bridgehead atoms. The second kappa shape index (κ2) is 2.03. The topological polar surface area (TPSA) is 15.3 Å². The predicted octanol–water partition coefficient (Wildman–Crippen LogP) is -0.0917. The molecule has 8 heavy (non-hydrogen) atoms. The minimum atomic E-state index is 0.736. The fraction of sp³-hybridized carbons (Fsp3) is 1.00. The zero-order valence-corrected chi connectivity index (χ0v) is 5.81. The van der Waals surface area contributed by atoms with Crippen LogP contribution >= 0.6 is 0 Å². The van der Waals surface area contributed by atoms with E-state index in [4.69, 9.17) is 0 Å². The van der Waals surface area contributed by atoms with Gasteiger partial charge < -0.3 is 10.2 Å². The number of nitrogens with one attached hydrogen (secondary N) is 1. The molecule has 0 amide bonds. The van der Waals surface area contributed by atoms with Gasteiger partial charge in [0.25, 0.3) is 0 Å². The Morgan fingerprint density at radius 3 is 2.38 bits per heavy atom. The summed E-state index contributed by atoms with van der Waals surface area (Å²) < 4.78 is 0. The van der Waals surface area contributed by atoms with Crippen molar-refractivity contribution in [1.82, 2.24) is 10.2 Å². The summed E-state index contributed by atoms with van der Waals surface area (Å²) in [6.07, 6.45) is 0. The smallest absolute Gasteiger partial charge is 0.0346 e. The van der Waals surface area contributed by atoms with Gasteiger partial charge in [-0.1, -0.05) is 0 Å². The zero-order chi connectivity index (χ0) is 6.15. The van der Waals surface area contributed by atoms with Crippen molar-refractivity contribution in [2.45, 2.75) is 19.0 Å². The highest BCUT2D eigenvalue weighted by molar-refractivity contribution is 4.90. The van der Waals surface area contributed by atoms with Crippen LogP contribution in [0.1, 0.15) is 6.92 Å². The van der Waals surface area contributed by atoms with Crippen LogP contribution in [-0.2, 0) is 0 Å². The van der Waals surface area contributed by atoms with Crippen molar-refractivity contribution in [3.8, 4) is 0 Å². The van der Waals surface area contributed by atoms with Crippen molar-refractivity contribution in [3.63, 3.8) is 0 Å².